The molecule has 2 aliphatic heterocycles. The number of ketones is 3. The highest BCUT2D eigenvalue weighted by atomic mass is 16.5. The zero-order valence-corrected chi connectivity index (χ0v) is 40.8. The lowest BCUT2D eigenvalue weighted by atomic mass is 9.78. The molecule has 0 bridgehead atoms. The number of methoxy groups -OCH3 is 3. The van der Waals surface area contributed by atoms with Crippen molar-refractivity contribution in [2.24, 2.45) is 29.6 Å². The van der Waals surface area contributed by atoms with E-state index in [1.54, 1.807) is 41.1 Å². The molecule has 65 heavy (non-hydrogen) atoms. The number of cyclic esters (lactones) is 1. The quantitative estimate of drug-likeness (QED) is 0.134. The molecule has 14 nitrogen and oxygen atoms in total. The molecule has 1 saturated heterocycles. The maximum absolute atomic E-state index is 14.2. The third-order valence-electron chi connectivity index (χ3n) is 13.6. The van der Waals surface area contributed by atoms with Gasteiger partial charge in [-0.25, -0.2) is 4.79 Å². The minimum atomic E-state index is -1.31. The van der Waals surface area contributed by atoms with Crippen molar-refractivity contribution in [3.63, 3.8) is 0 Å². The summed E-state index contributed by atoms with van der Waals surface area (Å²) in [5.41, 5.74) is 1.29. The summed E-state index contributed by atoms with van der Waals surface area (Å²) in [4.78, 5) is 70.7. The van der Waals surface area contributed by atoms with Crippen molar-refractivity contribution >= 4 is 29.2 Å². The van der Waals surface area contributed by atoms with Crippen molar-refractivity contribution in [1.82, 2.24) is 4.90 Å². The van der Waals surface area contributed by atoms with Crippen molar-refractivity contribution in [3.8, 4) is 0 Å². The number of aliphatic hydroxyl groups is 3. The van der Waals surface area contributed by atoms with Crippen LogP contribution in [0.1, 0.15) is 126 Å². The summed E-state index contributed by atoms with van der Waals surface area (Å²) in [6, 6.07) is -1.05. The second kappa shape index (κ2) is 28.1. The van der Waals surface area contributed by atoms with Crippen LogP contribution in [-0.4, -0.2) is 139 Å². The van der Waals surface area contributed by atoms with Gasteiger partial charge in [0.25, 0.3) is 5.91 Å². The topological polar surface area (TPSA) is 195 Å². The Balaban J connectivity index is 2.01. The molecule has 1 aliphatic carbocycles. The fourth-order valence-corrected chi connectivity index (χ4v) is 9.44. The van der Waals surface area contributed by atoms with Crippen LogP contribution in [0, 0.1) is 29.6 Å². The fraction of sp³-hybridized carbons (Fsp3) is 0.745. The number of fused-ring (bicyclic) bond motifs is 1. The van der Waals surface area contributed by atoms with Crippen LogP contribution < -0.4 is 0 Å². The van der Waals surface area contributed by atoms with E-state index in [9.17, 15) is 39.3 Å². The molecule has 3 N–H and O–H groups in total. The average Bonchev–Trinajstić information content (AvgIpc) is 3.27. The van der Waals surface area contributed by atoms with E-state index in [1.807, 2.05) is 58.1 Å². The van der Waals surface area contributed by atoms with Crippen LogP contribution in [-0.2, 0) is 47.7 Å². The Labute approximate surface area is 388 Å². The minimum absolute atomic E-state index is 0.0214. The van der Waals surface area contributed by atoms with Crippen molar-refractivity contribution in [3.05, 3.63) is 47.6 Å². The zero-order valence-electron chi connectivity index (χ0n) is 40.8. The predicted molar refractivity (Wildman–Crippen MR) is 248 cm³/mol. The summed E-state index contributed by atoms with van der Waals surface area (Å²) < 4.78 is 29.3. The van der Waals surface area contributed by atoms with E-state index in [0.29, 0.717) is 63.4 Å². The Hall–Kier alpha value is -3.37. The maximum Gasteiger partial charge on any atom is 0.329 e. The average molecular weight is 916 g/mol. The first-order valence-electron chi connectivity index (χ1n) is 23.9. The molecule has 2 fully saturated rings. The van der Waals surface area contributed by atoms with Crippen molar-refractivity contribution in [2.75, 3.05) is 34.5 Å². The minimum Gasteiger partial charge on any atom is -0.460 e. The smallest absolute Gasteiger partial charge is 0.329 e. The number of aliphatic hydroxyl groups excluding tert-OH is 3. The number of hydrogen-bond acceptors (Lipinski definition) is 13. The normalized spacial score (nSPS) is 35.8. The summed E-state index contributed by atoms with van der Waals surface area (Å²) in [5, 5.41) is 32.0. The summed E-state index contributed by atoms with van der Waals surface area (Å²) in [7, 11) is 4.53. The molecule has 0 aromatic heterocycles. The van der Waals surface area contributed by atoms with Crippen LogP contribution in [0.5, 0.6) is 0 Å². The summed E-state index contributed by atoms with van der Waals surface area (Å²) in [6.45, 7) is 12.3. The highest BCUT2D eigenvalue weighted by Gasteiger charge is 2.40. The lowest BCUT2D eigenvalue weighted by Crippen LogP contribution is -2.52. The van der Waals surface area contributed by atoms with Gasteiger partial charge in [-0.3, -0.25) is 19.2 Å². The molecule has 14 heteroatoms. The Morgan fingerprint density at radius 3 is 2.25 bits per heavy atom. The molecule has 0 aromatic rings. The fourth-order valence-electron chi connectivity index (χ4n) is 9.44. The number of ether oxygens (including phenoxy) is 5. The molecular formula is C51H81NO13. The molecule has 0 unspecified atom stereocenters. The first-order chi connectivity index (χ1) is 30.8. The predicted octanol–water partition coefficient (Wildman–Crippen LogP) is 6.22. The van der Waals surface area contributed by atoms with E-state index in [-0.39, 0.29) is 54.8 Å². The van der Waals surface area contributed by atoms with Gasteiger partial charge in [0, 0.05) is 52.6 Å². The van der Waals surface area contributed by atoms with E-state index < -0.39 is 84.9 Å². The monoisotopic (exact) mass is 916 g/mol. The van der Waals surface area contributed by atoms with E-state index in [4.69, 9.17) is 23.7 Å². The Morgan fingerprint density at radius 2 is 1.58 bits per heavy atom. The molecular weight excluding hydrogens is 835 g/mol. The Bertz CT molecular complexity index is 1670. The van der Waals surface area contributed by atoms with E-state index in [1.165, 1.54) is 12.0 Å². The first-order valence-corrected chi connectivity index (χ1v) is 23.9. The van der Waals surface area contributed by atoms with Gasteiger partial charge in [0.1, 0.15) is 36.7 Å². The number of rotatable bonds is 9. The van der Waals surface area contributed by atoms with Crippen molar-refractivity contribution in [2.45, 2.75) is 180 Å². The number of hydrogen-bond donors (Lipinski definition) is 3. The number of esters is 1. The van der Waals surface area contributed by atoms with Gasteiger partial charge in [-0.2, -0.15) is 0 Å². The third-order valence-corrected chi connectivity index (χ3v) is 13.6. The van der Waals surface area contributed by atoms with Gasteiger partial charge in [0.05, 0.1) is 30.5 Å². The van der Waals surface area contributed by atoms with Gasteiger partial charge in [0.15, 0.2) is 5.78 Å². The maximum atomic E-state index is 14.2. The molecule has 0 aromatic carbocycles. The van der Waals surface area contributed by atoms with Gasteiger partial charge < -0.3 is 43.9 Å². The largest absolute Gasteiger partial charge is 0.460 e. The van der Waals surface area contributed by atoms with Crippen molar-refractivity contribution in [1.29, 1.82) is 0 Å². The van der Waals surface area contributed by atoms with Crippen molar-refractivity contribution < 1.29 is 63.0 Å². The summed E-state index contributed by atoms with van der Waals surface area (Å²) >= 11 is 0. The number of nitrogens with zero attached hydrogens (tertiary/aromatic N) is 1. The molecule has 3 rings (SSSR count). The second-order valence-electron chi connectivity index (χ2n) is 19.1. The molecule has 14 atom stereocenters. The molecule has 368 valence electrons. The van der Waals surface area contributed by atoms with Crippen LogP contribution >= 0.6 is 0 Å². The zero-order chi connectivity index (χ0) is 48.4. The van der Waals surface area contributed by atoms with Crippen LogP contribution in [0.3, 0.4) is 0 Å². The number of piperidine rings is 1. The number of carbonyl (C=O) groups excluding carboxylic acids is 5. The SMILES string of the molecule is CO[C@H]1C[C@H](CC[C@@H](C)O)OCC(=O)C(=O)N2CCCC[C@H]2C(=O)O[C@H]([C@H](C)C[C@@H]2CC[C@@H](O)[C@H](OC)C2)CC(=O)[C@H](C)/C=C(\C)[C@@H](O)[C@@H](OC)C(=O)[C@H](C)C[C@H](C)/C=C/C=C/C=C1C. The highest BCUT2D eigenvalue weighted by Crippen LogP contribution is 2.34. The number of Topliss-reactive ketones (excluding diaryl/α,β-unsaturated/α-hetero) is 3. The molecule has 1 saturated carbocycles. The van der Waals surface area contributed by atoms with Gasteiger partial charge in [-0.15, -0.1) is 0 Å². The number of allylic oxidation sites excluding steroid dienone is 6. The second-order valence-corrected chi connectivity index (χ2v) is 19.1. The highest BCUT2D eigenvalue weighted by molar-refractivity contribution is 6.37. The van der Waals surface area contributed by atoms with Crippen LogP contribution in [0.25, 0.3) is 0 Å². The van der Waals surface area contributed by atoms with Gasteiger partial charge in [-0.1, -0.05) is 64.2 Å². The Kier molecular flexibility index (Phi) is 24.2. The number of amides is 1. The van der Waals surface area contributed by atoms with Gasteiger partial charge >= 0.3 is 5.97 Å². The van der Waals surface area contributed by atoms with Crippen LogP contribution in [0.4, 0.5) is 0 Å². The molecule has 3 aliphatic rings. The summed E-state index contributed by atoms with van der Waals surface area (Å²) in [5.74, 6) is -4.19. The molecule has 0 spiro atoms. The number of carbonyl (C=O) groups is 5. The Morgan fingerprint density at radius 1 is 0.862 bits per heavy atom. The van der Waals surface area contributed by atoms with E-state index in [2.05, 4.69) is 0 Å². The van der Waals surface area contributed by atoms with E-state index in [0.717, 1.165) is 12.0 Å². The lowest BCUT2D eigenvalue weighted by molar-refractivity contribution is -0.166. The molecule has 0 radical (unpaired) electrons. The molecule has 1 amide bonds. The van der Waals surface area contributed by atoms with Crippen LogP contribution in [0.15, 0.2) is 47.6 Å². The first kappa shape index (κ1) is 56.0. The van der Waals surface area contributed by atoms with Crippen LogP contribution in [0.2, 0.25) is 0 Å². The summed E-state index contributed by atoms with van der Waals surface area (Å²) in [6.07, 6.45) is 10.9. The van der Waals surface area contributed by atoms with E-state index >= 15 is 0 Å². The van der Waals surface area contributed by atoms with Gasteiger partial charge in [0.2, 0.25) is 5.78 Å². The van der Waals surface area contributed by atoms with Gasteiger partial charge in [-0.05, 0) is 114 Å². The lowest BCUT2D eigenvalue weighted by Gasteiger charge is -2.37. The third kappa shape index (κ3) is 17.7. The standard InChI is InChI=1S/C51H81NO13/c1-31-16-12-11-13-17-32(2)44(61-8)28-39(21-19-37(7)53)64-30-43(56)50(59)52-23-15-14-18-40(52)51(60)65-45(34(4)26-38-20-22-41(54)46(27-38)62-9)29-42(55)33(3)25-36(6)48(58)49(63-10)47(57)35(5)24-31/h11-13,16-17,25,31,33-35,37-41,44-46,48-49,53-54,58H,14-15,18-24,26-30H2,1-10H3/b13-11+,16-12+,32-17?,36-25+/t31-,33-,34-,35-,37-,38+,39+,40+,41-,44+,45+,46-,48-,49+/m1/s1. The molecule has 2 heterocycles.